The van der Waals surface area contributed by atoms with Crippen LogP contribution in [0.25, 0.3) is 0 Å². The fourth-order valence-corrected chi connectivity index (χ4v) is 4.82. The van der Waals surface area contributed by atoms with Crippen molar-refractivity contribution in [3.63, 3.8) is 0 Å². The van der Waals surface area contributed by atoms with Crippen LogP contribution in [-0.2, 0) is 13.0 Å². The van der Waals surface area contributed by atoms with Gasteiger partial charge in [0.15, 0.2) is 5.69 Å². The van der Waals surface area contributed by atoms with E-state index in [-0.39, 0.29) is 5.91 Å². The molecule has 2 aromatic heterocycles. The lowest BCUT2D eigenvalue weighted by Crippen LogP contribution is -2.36. The van der Waals surface area contributed by atoms with Crippen LogP contribution in [-0.4, -0.2) is 53.2 Å². The Labute approximate surface area is 193 Å². The number of benzene rings is 1. The molecule has 2 aliphatic rings. The number of nitrogens with one attached hydrogen (secondary N) is 1. The molecule has 1 N–H and O–H groups in total. The van der Waals surface area contributed by atoms with Crippen molar-refractivity contribution in [2.24, 2.45) is 0 Å². The molecule has 5 rings (SSSR count). The molecule has 3 aromatic rings. The van der Waals surface area contributed by atoms with Crippen molar-refractivity contribution < 1.29 is 14.1 Å². The van der Waals surface area contributed by atoms with Gasteiger partial charge in [0.2, 0.25) is 5.88 Å². The third kappa shape index (κ3) is 4.57. The number of aromatic nitrogens is 2. The third-order valence-corrected chi connectivity index (χ3v) is 6.34. The van der Waals surface area contributed by atoms with Crippen molar-refractivity contribution >= 4 is 17.3 Å². The number of anilines is 2. The molecule has 1 unspecified atom stereocenters. The minimum atomic E-state index is -0.255. The van der Waals surface area contributed by atoms with Crippen LogP contribution < -0.4 is 15.0 Å². The maximum absolute atomic E-state index is 12.4. The number of fused-ring (bicyclic) bond motifs is 1. The molecule has 172 valence electrons. The molecule has 0 radical (unpaired) electrons. The lowest BCUT2D eigenvalue weighted by atomic mass is 10.1. The van der Waals surface area contributed by atoms with Gasteiger partial charge in [-0.2, -0.15) is 0 Å². The Hall–Kier alpha value is -3.39. The molecule has 0 spiro atoms. The van der Waals surface area contributed by atoms with E-state index >= 15 is 0 Å². The first-order valence-corrected chi connectivity index (χ1v) is 11.5. The van der Waals surface area contributed by atoms with Crippen LogP contribution in [0.4, 0.5) is 11.4 Å². The van der Waals surface area contributed by atoms with Gasteiger partial charge in [-0.1, -0.05) is 11.2 Å². The number of pyridine rings is 1. The molecule has 1 saturated heterocycles. The van der Waals surface area contributed by atoms with E-state index < -0.39 is 0 Å². The van der Waals surface area contributed by atoms with Crippen molar-refractivity contribution in [2.45, 2.75) is 39.3 Å². The maximum Gasteiger partial charge on any atom is 0.277 e. The summed E-state index contributed by atoms with van der Waals surface area (Å²) in [5, 5.41) is 6.72. The molecule has 4 heterocycles. The average Bonchev–Trinajstić information content (AvgIpc) is 3.55. The third-order valence-electron chi connectivity index (χ3n) is 6.34. The highest BCUT2D eigenvalue weighted by molar-refractivity contribution is 6.03. The highest BCUT2D eigenvalue weighted by Crippen LogP contribution is 2.34. The number of nitrogens with zero attached hydrogens (tertiary/aromatic N) is 4. The summed E-state index contributed by atoms with van der Waals surface area (Å²) < 4.78 is 10.7. The second-order valence-electron chi connectivity index (χ2n) is 8.64. The molecule has 1 fully saturated rings. The zero-order chi connectivity index (χ0) is 22.8. The summed E-state index contributed by atoms with van der Waals surface area (Å²) >= 11 is 0. The average molecular weight is 448 g/mol. The fourth-order valence-electron chi connectivity index (χ4n) is 4.82. The van der Waals surface area contributed by atoms with E-state index in [1.54, 1.807) is 19.2 Å². The second-order valence-corrected chi connectivity index (χ2v) is 8.64. The number of hydrogen-bond acceptors (Lipinski definition) is 7. The molecule has 33 heavy (non-hydrogen) atoms. The number of likely N-dealkylation sites (tertiary alicyclic amines) is 1. The second kappa shape index (κ2) is 9.23. The Balaban J connectivity index is 1.22. The van der Waals surface area contributed by atoms with Crippen molar-refractivity contribution in [1.82, 2.24) is 15.0 Å². The van der Waals surface area contributed by atoms with Crippen LogP contribution in [0.1, 0.15) is 40.7 Å². The van der Waals surface area contributed by atoms with Gasteiger partial charge in [-0.25, -0.2) is 4.98 Å². The summed E-state index contributed by atoms with van der Waals surface area (Å²) in [6, 6.07) is 12.4. The summed E-state index contributed by atoms with van der Waals surface area (Å²) in [5.74, 6) is 1.10. The minimum absolute atomic E-state index is 0.255. The molecule has 8 nitrogen and oxygen atoms in total. The topological polar surface area (TPSA) is 83.7 Å². The molecule has 0 aliphatic carbocycles. The fraction of sp³-hybridized carbons (Fsp3) is 0.400. The lowest BCUT2D eigenvalue weighted by molar-refractivity contribution is 0.101. The molecule has 1 atom stereocenters. The van der Waals surface area contributed by atoms with Gasteiger partial charge in [-0.05, 0) is 56.5 Å². The zero-order valence-corrected chi connectivity index (χ0v) is 19.1. The van der Waals surface area contributed by atoms with Crippen molar-refractivity contribution in [2.75, 3.05) is 36.5 Å². The number of hydrogen-bond donors (Lipinski definition) is 1. The Morgan fingerprint density at radius 1 is 1.27 bits per heavy atom. The van der Waals surface area contributed by atoms with E-state index in [9.17, 15) is 4.79 Å². The first-order valence-electron chi connectivity index (χ1n) is 11.5. The van der Waals surface area contributed by atoms with Crippen molar-refractivity contribution in [3.05, 3.63) is 65.2 Å². The van der Waals surface area contributed by atoms with Gasteiger partial charge >= 0.3 is 0 Å². The quantitative estimate of drug-likeness (QED) is 0.592. The monoisotopic (exact) mass is 447 g/mol. The smallest absolute Gasteiger partial charge is 0.277 e. The van der Waals surface area contributed by atoms with Crippen LogP contribution in [0.5, 0.6) is 5.88 Å². The highest BCUT2D eigenvalue weighted by Gasteiger charge is 2.32. The van der Waals surface area contributed by atoms with E-state index in [2.05, 4.69) is 43.5 Å². The number of ether oxygens (including phenoxy) is 1. The normalized spacial score (nSPS) is 17.9. The first kappa shape index (κ1) is 21.5. The summed E-state index contributed by atoms with van der Waals surface area (Å²) in [4.78, 5) is 21.8. The predicted octanol–water partition coefficient (Wildman–Crippen LogP) is 3.67. The van der Waals surface area contributed by atoms with Gasteiger partial charge in [0.1, 0.15) is 5.76 Å². The SMILES string of the molecule is CCOc1ncccc1CN1CCC(N2CCc3cc(NC(=O)c4cc(C)on4)ccc32)C1. The van der Waals surface area contributed by atoms with E-state index in [0.29, 0.717) is 24.1 Å². The summed E-state index contributed by atoms with van der Waals surface area (Å²) in [5.41, 5.74) is 4.77. The van der Waals surface area contributed by atoms with E-state index in [1.165, 1.54) is 11.3 Å². The highest BCUT2D eigenvalue weighted by atomic mass is 16.5. The van der Waals surface area contributed by atoms with Gasteiger partial charge in [0, 0.05) is 61.4 Å². The van der Waals surface area contributed by atoms with Crippen LogP contribution in [0.15, 0.2) is 47.1 Å². The Morgan fingerprint density at radius 3 is 3.00 bits per heavy atom. The molecule has 8 heteroatoms. The maximum atomic E-state index is 12.4. The van der Waals surface area contributed by atoms with Gasteiger partial charge in [-0.15, -0.1) is 0 Å². The van der Waals surface area contributed by atoms with Gasteiger partial charge in [-0.3, -0.25) is 9.69 Å². The molecule has 1 aromatic carbocycles. The van der Waals surface area contributed by atoms with E-state index in [4.69, 9.17) is 9.26 Å². The van der Waals surface area contributed by atoms with E-state index in [0.717, 1.165) is 56.2 Å². The zero-order valence-electron chi connectivity index (χ0n) is 19.1. The molecule has 0 bridgehead atoms. The lowest BCUT2D eigenvalue weighted by Gasteiger charge is -2.27. The predicted molar refractivity (Wildman–Crippen MR) is 126 cm³/mol. The van der Waals surface area contributed by atoms with Crippen molar-refractivity contribution in [1.29, 1.82) is 0 Å². The summed E-state index contributed by atoms with van der Waals surface area (Å²) in [6.45, 7) is 8.31. The molecule has 2 aliphatic heterocycles. The van der Waals surface area contributed by atoms with Crippen LogP contribution >= 0.6 is 0 Å². The van der Waals surface area contributed by atoms with Gasteiger partial charge < -0.3 is 19.5 Å². The first-order chi connectivity index (χ1) is 16.1. The van der Waals surface area contributed by atoms with Crippen LogP contribution in [0, 0.1) is 6.92 Å². The Morgan fingerprint density at radius 2 is 2.18 bits per heavy atom. The number of carbonyl (C=O) groups excluding carboxylic acids is 1. The van der Waals surface area contributed by atoms with Crippen molar-refractivity contribution in [3.8, 4) is 5.88 Å². The summed E-state index contributed by atoms with van der Waals surface area (Å²) in [7, 11) is 0. The molecular formula is C25H29N5O3. The largest absolute Gasteiger partial charge is 0.478 e. The molecule has 0 saturated carbocycles. The number of aryl methyl sites for hydroxylation is 1. The van der Waals surface area contributed by atoms with Crippen LogP contribution in [0.2, 0.25) is 0 Å². The Bertz CT molecular complexity index is 1140. The molecular weight excluding hydrogens is 418 g/mol. The van der Waals surface area contributed by atoms with Gasteiger partial charge in [0.05, 0.1) is 6.61 Å². The minimum Gasteiger partial charge on any atom is -0.478 e. The van der Waals surface area contributed by atoms with Crippen LogP contribution in [0.3, 0.4) is 0 Å². The number of amides is 1. The van der Waals surface area contributed by atoms with E-state index in [1.807, 2.05) is 19.1 Å². The number of carbonyl (C=O) groups is 1. The molecule has 1 amide bonds. The van der Waals surface area contributed by atoms with Gasteiger partial charge in [0.25, 0.3) is 5.91 Å². The number of rotatable bonds is 7. The standard InChI is InChI=1S/C25H29N5O3/c1-3-32-25-19(5-4-10-26-25)15-29-11-9-21(16-29)30-12-8-18-14-20(6-7-23(18)30)27-24(31)22-13-17(2)33-28-22/h4-7,10,13-14,21H,3,8-9,11-12,15-16H2,1-2H3,(H,27,31). The summed E-state index contributed by atoms with van der Waals surface area (Å²) in [6.07, 6.45) is 3.90. The Kier molecular flexibility index (Phi) is 6.00.